The minimum atomic E-state index is 0.377. The van der Waals surface area contributed by atoms with Gasteiger partial charge in [0.05, 0.1) is 7.11 Å². The van der Waals surface area contributed by atoms with Crippen LogP contribution < -0.4 is 4.74 Å². The van der Waals surface area contributed by atoms with E-state index in [1.807, 2.05) is 26.8 Å². The zero-order valence-corrected chi connectivity index (χ0v) is 15.2. The average molecular weight is 296 g/mol. The van der Waals surface area contributed by atoms with E-state index in [9.17, 15) is 0 Å². The standard InChI is InChI=1S/C9H12O.C8H18O.C2H6/c1-7-4-5-8(2)9(6-7)10-3;1-3-5-8(7-9)6-4-2;1-2/h4-6H,1-3H3;8-9H,3-7H2,1-2H3;1-2H3. The quantitative estimate of drug-likeness (QED) is 0.747. The van der Waals surface area contributed by atoms with Crippen molar-refractivity contribution < 1.29 is 9.84 Å². The van der Waals surface area contributed by atoms with Crippen molar-refractivity contribution in [1.82, 2.24) is 0 Å². The minimum absolute atomic E-state index is 0.377. The molecule has 124 valence electrons. The first-order valence-corrected chi connectivity index (χ1v) is 8.31. The highest BCUT2D eigenvalue weighted by Gasteiger charge is 2.02. The zero-order valence-electron chi connectivity index (χ0n) is 15.2. The second kappa shape index (κ2) is 15.4. The van der Waals surface area contributed by atoms with Crippen molar-refractivity contribution in [2.24, 2.45) is 5.92 Å². The van der Waals surface area contributed by atoms with Crippen LogP contribution in [-0.4, -0.2) is 18.8 Å². The van der Waals surface area contributed by atoms with Crippen LogP contribution in [0.25, 0.3) is 0 Å². The lowest BCUT2D eigenvalue weighted by Gasteiger charge is -2.09. The van der Waals surface area contributed by atoms with Crippen LogP contribution in [0.2, 0.25) is 0 Å². The fraction of sp³-hybridized carbons (Fsp3) is 0.684. The summed E-state index contributed by atoms with van der Waals surface area (Å²) in [6.45, 7) is 12.8. The van der Waals surface area contributed by atoms with E-state index < -0.39 is 0 Å². The first-order chi connectivity index (χ1) is 10.1. The number of aliphatic hydroxyl groups excluding tert-OH is 1. The lowest BCUT2D eigenvalue weighted by molar-refractivity contribution is 0.209. The molecule has 2 nitrogen and oxygen atoms in total. The van der Waals surface area contributed by atoms with E-state index >= 15 is 0 Å². The predicted octanol–water partition coefficient (Wildman–Crippen LogP) is 5.53. The molecule has 0 aromatic heterocycles. The van der Waals surface area contributed by atoms with Gasteiger partial charge in [-0.15, -0.1) is 0 Å². The van der Waals surface area contributed by atoms with Gasteiger partial charge in [0.1, 0.15) is 5.75 Å². The molecule has 0 radical (unpaired) electrons. The van der Waals surface area contributed by atoms with Crippen LogP contribution in [0.1, 0.15) is 64.5 Å². The number of hydrogen-bond acceptors (Lipinski definition) is 2. The van der Waals surface area contributed by atoms with Crippen LogP contribution in [0.15, 0.2) is 18.2 Å². The van der Waals surface area contributed by atoms with Crippen molar-refractivity contribution in [1.29, 1.82) is 0 Å². The number of ether oxygens (including phenoxy) is 1. The third-order valence-corrected chi connectivity index (χ3v) is 3.22. The van der Waals surface area contributed by atoms with Gasteiger partial charge in [-0.2, -0.15) is 0 Å². The number of hydrogen-bond donors (Lipinski definition) is 1. The molecule has 2 heteroatoms. The van der Waals surface area contributed by atoms with E-state index in [-0.39, 0.29) is 0 Å². The van der Waals surface area contributed by atoms with Gasteiger partial charge in [-0.1, -0.05) is 52.7 Å². The highest BCUT2D eigenvalue weighted by atomic mass is 16.5. The molecule has 0 saturated heterocycles. The van der Waals surface area contributed by atoms with Gasteiger partial charge in [0, 0.05) is 6.61 Å². The zero-order chi connectivity index (χ0) is 16.7. The Labute approximate surface area is 132 Å². The minimum Gasteiger partial charge on any atom is -0.496 e. The molecule has 1 aromatic carbocycles. The Kier molecular flexibility index (Phi) is 16.3. The van der Waals surface area contributed by atoms with Gasteiger partial charge in [0.15, 0.2) is 0 Å². The lowest BCUT2D eigenvalue weighted by Crippen LogP contribution is -2.04. The van der Waals surface area contributed by atoms with Crippen LogP contribution >= 0.6 is 0 Å². The number of methoxy groups -OCH3 is 1. The maximum absolute atomic E-state index is 8.79. The summed E-state index contributed by atoms with van der Waals surface area (Å²) < 4.78 is 5.13. The van der Waals surface area contributed by atoms with Gasteiger partial charge in [0.2, 0.25) is 0 Å². The summed E-state index contributed by atoms with van der Waals surface area (Å²) in [5.41, 5.74) is 2.43. The lowest BCUT2D eigenvalue weighted by atomic mass is 10.00. The molecule has 0 saturated carbocycles. The van der Waals surface area contributed by atoms with Crippen molar-refractivity contribution in [3.8, 4) is 5.75 Å². The Morgan fingerprint density at radius 3 is 1.90 bits per heavy atom. The maximum Gasteiger partial charge on any atom is 0.122 e. The van der Waals surface area contributed by atoms with Crippen LogP contribution in [0.3, 0.4) is 0 Å². The highest BCUT2D eigenvalue weighted by Crippen LogP contribution is 2.17. The van der Waals surface area contributed by atoms with E-state index in [4.69, 9.17) is 9.84 Å². The summed E-state index contributed by atoms with van der Waals surface area (Å²) in [7, 11) is 1.70. The van der Waals surface area contributed by atoms with Crippen LogP contribution in [0.4, 0.5) is 0 Å². The predicted molar refractivity (Wildman–Crippen MR) is 94.2 cm³/mol. The van der Waals surface area contributed by atoms with Crippen molar-refractivity contribution in [3.63, 3.8) is 0 Å². The van der Waals surface area contributed by atoms with Crippen LogP contribution in [-0.2, 0) is 0 Å². The molecule has 21 heavy (non-hydrogen) atoms. The molecular formula is C19H36O2. The second-order valence-electron chi connectivity index (χ2n) is 5.10. The molecule has 0 aliphatic rings. The van der Waals surface area contributed by atoms with Crippen molar-refractivity contribution >= 4 is 0 Å². The van der Waals surface area contributed by atoms with Crippen molar-refractivity contribution in [2.75, 3.05) is 13.7 Å². The average Bonchev–Trinajstić information content (AvgIpc) is 2.52. The van der Waals surface area contributed by atoms with E-state index in [1.54, 1.807) is 7.11 Å². The number of aryl methyl sites for hydroxylation is 2. The Balaban J connectivity index is 0. The van der Waals surface area contributed by atoms with Gasteiger partial charge in [0.25, 0.3) is 0 Å². The first kappa shape index (κ1) is 22.3. The van der Waals surface area contributed by atoms with Gasteiger partial charge in [-0.3, -0.25) is 0 Å². The largest absolute Gasteiger partial charge is 0.496 e. The molecule has 0 fully saturated rings. The SMILES string of the molecule is CC.CCCC(CO)CCC.COc1cc(C)ccc1C. The number of aliphatic hydroxyl groups is 1. The molecule has 0 aliphatic heterocycles. The molecule has 1 rings (SSSR count). The molecular weight excluding hydrogens is 260 g/mol. The first-order valence-electron chi connectivity index (χ1n) is 8.31. The molecule has 0 amide bonds. The van der Waals surface area contributed by atoms with E-state index in [0.29, 0.717) is 12.5 Å². The Hall–Kier alpha value is -1.02. The summed E-state index contributed by atoms with van der Waals surface area (Å²) in [5.74, 6) is 1.54. The fourth-order valence-electron chi connectivity index (χ4n) is 2.07. The Morgan fingerprint density at radius 2 is 1.57 bits per heavy atom. The monoisotopic (exact) mass is 296 g/mol. The smallest absolute Gasteiger partial charge is 0.122 e. The van der Waals surface area contributed by atoms with Crippen molar-refractivity contribution in [2.45, 2.75) is 67.2 Å². The van der Waals surface area contributed by atoms with Gasteiger partial charge in [-0.25, -0.2) is 0 Å². The summed E-state index contributed by atoms with van der Waals surface area (Å²) in [5, 5.41) is 8.79. The fourth-order valence-corrected chi connectivity index (χ4v) is 2.07. The highest BCUT2D eigenvalue weighted by molar-refractivity contribution is 5.35. The molecule has 0 heterocycles. The van der Waals surface area contributed by atoms with Gasteiger partial charge >= 0.3 is 0 Å². The number of benzene rings is 1. The Morgan fingerprint density at radius 1 is 1.05 bits per heavy atom. The van der Waals surface area contributed by atoms with Crippen LogP contribution in [0.5, 0.6) is 5.75 Å². The molecule has 0 unspecified atom stereocenters. The molecule has 0 atom stereocenters. The van der Waals surface area contributed by atoms with E-state index in [1.165, 1.54) is 36.8 Å². The third kappa shape index (κ3) is 11.3. The summed E-state index contributed by atoms with van der Waals surface area (Å²) in [6, 6.07) is 6.18. The molecule has 1 N–H and O–H groups in total. The van der Waals surface area contributed by atoms with Gasteiger partial charge in [-0.05, 0) is 49.8 Å². The summed E-state index contributed by atoms with van der Waals surface area (Å²) in [4.78, 5) is 0. The second-order valence-corrected chi connectivity index (χ2v) is 5.10. The maximum atomic E-state index is 8.79. The third-order valence-electron chi connectivity index (χ3n) is 3.22. The summed E-state index contributed by atoms with van der Waals surface area (Å²) in [6.07, 6.45) is 4.77. The van der Waals surface area contributed by atoms with E-state index in [0.717, 1.165) is 5.75 Å². The number of rotatable bonds is 6. The van der Waals surface area contributed by atoms with Crippen LogP contribution in [0, 0.1) is 19.8 Å². The topological polar surface area (TPSA) is 29.5 Å². The summed E-state index contributed by atoms with van der Waals surface area (Å²) >= 11 is 0. The molecule has 0 aliphatic carbocycles. The van der Waals surface area contributed by atoms with E-state index in [2.05, 4.69) is 32.9 Å². The Bertz CT molecular complexity index is 328. The molecule has 1 aromatic rings. The normalized spacial score (nSPS) is 9.38. The van der Waals surface area contributed by atoms with Crippen molar-refractivity contribution in [3.05, 3.63) is 29.3 Å². The molecule has 0 spiro atoms. The molecule has 0 bridgehead atoms. The van der Waals surface area contributed by atoms with Gasteiger partial charge < -0.3 is 9.84 Å².